The van der Waals surface area contributed by atoms with Crippen LogP contribution in [0.1, 0.15) is 99.8 Å². The third-order valence-corrected chi connectivity index (χ3v) is 7.29. The van der Waals surface area contributed by atoms with Crippen molar-refractivity contribution in [3.05, 3.63) is 0 Å². The molecule has 1 rings (SSSR count). The molecule has 0 aromatic rings. The standard InChI is InChI=1S/C21H42/c1-8-16(5)20(13-12-19-14-18(19)10-3)15-21(7,11-4)17(6)9-2/h16-20H,8-15H2,1-7H3. The molecular formula is C21H42. The molecule has 0 radical (unpaired) electrons. The molecule has 0 N–H and O–H groups in total. The van der Waals surface area contributed by atoms with E-state index in [1.807, 2.05) is 0 Å². The molecule has 0 spiro atoms. The highest BCUT2D eigenvalue weighted by atomic mass is 14.4. The van der Waals surface area contributed by atoms with Gasteiger partial charge >= 0.3 is 0 Å². The fraction of sp³-hybridized carbons (Fsp3) is 1.00. The van der Waals surface area contributed by atoms with Gasteiger partial charge in [0.25, 0.3) is 0 Å². The molecule has 0 nitrogen and oxygen atoms in total. The van der Waals surface area contributed by atoms with Gasteiger partial charge in [-0.05, 0) is 60.7 Å². The van der Waals surface area contributed by atoms with Crippen molar-refractivity contribution in [2.24, 2.45) is 35.0 Å². The Morgan fingerprint density at radius 1 is 1.00 bits per heavy atom. The smallest absolute Gasteiger partial charge is 0.0300 e. The van der Waals surface area contributed by atoms with E-state index in [4.69, 9.17) is 0 Å². The van der Waals surface area contributed by atoms with Gasteiger partial charge in [-0.3, -0.25) is 0 Å². The number of hydrogen-bond acceptors (Lipinski definition) is 0. The topological polar surface area (TPSA) is 0 Å². The maximum atomic E-state index is 2.56. The lowest BCUT2D eigenvalue weighted by molar-refractivity contribution is 0.110. The molecule has 1 aliphatic carbocycles. The highest BCUT2D eigenvalue weighted by Gasteiger charge is 2.37. The Kier molecular flexibility index (Phi) is 7.79. The fourth-order valence-corrected chi connectivity index (χ4v) is 4.30. The molecule has 1 saturated carbocycles. The van der Waals surface area contributed by atoms with Gasteiger partial charge in [-0.1, -0.05) is 74.1 Å². The molecular weight excluding hydrogens is 252 g/mol. The van der Waals surface area contributed by atoms with Gasteiger partial charge in [0.05, 0.1) is 0 Å². The predicted octanol–water partition coefficient (Wildman–Crippen LogP) is 7.33. The first-order chi connectivity index (χ1) is 9.91. The van der Waals surface area contributed by atoms with Crippen molar-refractivity contribution in [3.8, 4) is 0 Å². The van der Waals surface area contributed by atoms with Crippen molar-refractivity contribution >= 4 is 0 Å². The van der Waals surface area contributed by atoms with Crippen molar-refractivity contribution in [1.82, 2.24) is 0 Å². The van der Waals surface area contributed by atoms with Gasteiger partial charge in [-0.2, -0.15) is 0 Å². The second kappa shape index (κ2) is 8.59. The average Bonchev–Trinajstić information content (AvgIpc) is 3.27. The van der Waals surface area contributed by atoms with Crippen LogP contribution < -0.4 is 0 Å². The highest BCUT2D eigenvalue weighted by Crippen LogP contribution is 2.48. The van der Waals surface area contributed by atoms with E-state index < -0.39 is 0 Å². The van der Waals surface area contributed by atoms with Gasteiger partial charge in [0, 0.05) is 0 Å². The van der Waals surface area contributed by atoms with Crippen LogP contribution in [0.4, 0.5) is 0 Å². The zero-order chi connectivity index (χ0) is 16.0. The van der Waals surface area contributed by atoms with Crippen molar-refractivity contribution < 1.29 is 0 Å². The van der Waals surface area contributed by atoms with Crippen LogP contribution >= 0.6 is 0 Å². The average molecular weight is 295 g/mol. The van der Waals surface area contributed by atoms with Gasteiger partial charge in [0.2, 0.25) is 0 Å². The summed E-state index contributed by atoms with van der Waals surface area (Å²) in [7, 11) is 0. The predicted molar refractivity (Wildman–Crippen MR) is 96.5 cm³/mol. The van der Waals surface area contributed by atoms with E-state index in [9.17, 15) is 0 Å². The highest BCUT2D eigenvalue weighted by molar-refractivity contribution is 4.88. The van der Waals surface area contributed by atoms with Gasteiger partial charge in [-0.15, -0.1) is 0 Å². The zero-order valence-electron chi connectivity index (χ0n) is 16.0. The summed E-state index contributed by atoms with van der Waals surface area (Å²) in [4.78, 5) is 0. The van der Waals surface area contributed by atoms with Crippen LogP contribution in [0.15, 0.2) is 0 Å². The molecule has 21 heavy (non-hydrogen) atoms. The largest absolute Gasteiger partial charge is 0.0651 e. The van der Waals surface area contributed by atoms with Crippen molar-refractivity contribution in [2.45, 2.75) is 99.8 Å². The molecule has 1 fully saturated rings. The lowest BCUT2D eigenvalue weighted by atomic mass is 9.66. The molecule has 6 atom stereocenters. The molecule has 0 bridgehead atoms. The van der Waals surface area contributed by atoms with Gasteiger partial charge < -0.3 is 0 Å². The molecule has 0 aromatic carbocycles. The van der Waals surface area contributed by atoms with Crippen LogP contribution in [0.25, 0.3) is 0 Å². The van der Waals surface area contributed by atoms with E-state index in [0.29, 0.717) is 5.41 Å². The Morgan fingerprint density at radius 3 is 2.10 bits per heavy atom. The third kappa shape index (κ3) is 5.29. The lowest BCUT2D eigenvalue weighted by Crippen LogP contribution is -2.29. The van der Waals surface area contributed by atoms with Gasteiger partial charge in [0.15, 0.2) is 0 Å². The van der Waals surface area contributed by atoms with Crippen LogP contribution in [0.2, 0.25) is 0 Å². The second-order valence-corrected chi connectivity index (χ2v) is 8.41. The maximum absolute atomic E-state index is 2.56. The Hall–Kier alpha value is 0. The fourth-order valence-electron chi connectivity index (χ4n) is 4.30. The maximum Gasteiger partial charge on any atom is -0.0300 e. The van der Waals surface area contributed by atoms with E-state index in [1.54, 1.807) is 0 Å². The first-order valence-corrected chi connectivity index (χ1v) is 9.91. The summed E-state index contributed by atoms with van der Waals surface area (Å²) in [5.41, 5.74) is 0.552. The Labute approximate surface area is 135 Å². The minimum absolute atomic E-state index is 0.552. The molecule has 0 aromatic heterocycles. The molecule has 6 unspecified atom stereocenters. The molecule has 0 heteroatoms. The SMILES string of the molecule is CCC(C)C(CCC1CC1CC)CC(C)(CC)C(C)CC. The van der Waals surface area contributed by atoms with Crippen LogP contribution in [0.5, 0.6) is 0 Å². The van der Waals surface area contributed by atoms with E-state index in [0.717, 1.165) is 29.6 Å². The Bertz CT molecular complexity index is 282. The summed E-state index contributed by atoms with van der Waals surface area (Å²) in [5, 5.41) is 0. The summed E-state index contributed by atoms with van der Waals surface area (Å²) < 4.78 is 0. The van der Waals surface area contributed by atoms with E-state index in [-0.39, 0.29) is 0 Å². The van der Waals surface area contributed by atoms with Crippen LogP contribution in [0.3, 0.4) is 0 Å². The van der Waals surface area contributed by atoms with E-state index >= 15 is 0 Å². The molecule has 0 amide bonds. The Morgan fingerprint density at radius 2 is 1.67 bits per heavy atom. The minimum atomic E-state index is 0.552. The molecule has 0 aliphatic heterocycles. The summed E-state index contributed by atoms with van der Waals surface area (Å²) in [6, 6.07) is 0. The zero-order valence-corrected chi connectivity index (χ0v) is 16.0. The third-order valence-electron chi connectivity index (χ3n) is 7.29. The molecule has 1 aliphatic rings. The van der Waals surface area contributed by atoms with E-state index in [2.05, 4.69) is 48.5 Å². The molecule has 0 saturated heterocycles. The normalized spacial score (nSPS) is 28.7. The minimum Gasteiger partial charge on any atom is -0.0651 e. The second-order valence-electron chi connectivity index (χ2n) is 8.41. The lowest BCUT2D eigenvalue weighted by Gasteiger charge is -2.39. The van der Waals surface area contributed by atoms with Crippen LogP contribution in [-0.4, -0.2) is 0 Å². The number of hydrogen-bond donors (Lipinski definition) is 0. The Balaban J connectivity index is 2.60. The summed E-state index contributed by atoms with van der Waals surface area (Å²) in [6.07, 6.45) is 11.4. The van der Waals surface area contributed by atoms with Crippen LogP contribution in [0, 0.1) is 35.0 Å². The first-order valence-electron chi connectivity index (χ1n) is 9.91. The van der Waals surface area contributed by atoms with Crippen molar-refractivity contribution in [1.29, 1.82) is 0 Å². The van der Waals surface area contributed by atoms with Crippen molar-refractivity contribution in [3.63, 3.8) is 0 Å². The van der Waals surface area contributed by atoms with Crippen LogP contribution in [-0.2, 0) is 0 Å². The summed E-state index contributed by atoms with van der Waals surface area (Å²) >= 11 is 0. The monoisotopic (exact) mass is 294 g/mol. The first kappa shape index (κ1) is 19.0. The quantitative estimate of drug-likeness (QED) is 0.374. The molecule has 0 heterocycles. The van der Waals surface area contributed by atoms with Crippen molar-refractivity contribution in [2.75, 3.05) is 0 Å². The summed E-state index contributed by atoms with van der Waals surface area (Å²) in [5.74, 6) is 4.87. The van der Waals surface area contributed by atoms with Gasteiger partial charge in [0.1, 0.15) is 0 Å². The summed E-state index contributed by atoms with van der Waals surface area (Å²) in [6.45, 7) is 17.1. The van der Waals surface area contributed by atoms with Gasteiger partial charge in [-0.25, -0.2) is 0 Å². The number of rotatable bonds is 11. The van der Waals surface area contributed by atoms with E-state index in [1.165, 1.54) is 51.4 Å². The molecule has 126 valence electrons.